The van der Waals surface area contributed by atoms with Crippen molar-refractivity contribution in [3.63, 3.8) is 0 Å². The van der Waals surface area contributed by atoms with Crippen LogP contribution < -0.4 is 22.7 Å². The molecule has 2 heterocycles. The molecule has 358 valence electrons. The van der Waals surface area contributed by atoms with Crippen LogP contribution in [0.25, 0.3) is 0 Å². The highest BCUT2D eigenvalue weighted by Crippen LogP contribution is 2.38. The summed E-state index contributed by atoms with van der Waals surface area (Å²) >= 11 is 0. The van der Waals surface area contributed by atoms with E-state index in [1.165, 1.54) is 4.90 Å². The maximum atomic E-state index is 14.7. The number of aryl methyl sites for hydroxylation is 2. The summed E-state index contributed by atoms with van der Waals surface area (Å²) in [5.41, 5.74) is 24.9. The smallest absolute Gasteiger partial charge is 0.252 e. The number of imide groups is 1. The monoisotopic (exact) mass is 897 g/mol. The fourth-order valence-corrected chi connectivity index (χ4v) is 9.60. The van der Waals surface area contributed by atoms with Crippen LogP contribution in [-0.4, -0.2) is 121 Å². The predicted molar refractivity (Wildman–Crippen MR) is 243 cm³/mol. The minimum atomic E-state index is -1.68. The number of hydroxylamine groups is 1. The van der Waals surface area contributed by atoms with Crippen molar-refractivity contribution in [3.8, 4) is 5.75 Å². The van der Waals surface area contributed by atoms with Gasteiger partial charge in [0.1, 0.15) is 36.1 Å². The average molecular weight is 897 g/mol. The number of likely N-dealkylation sites (tertiary alicyclic amines) is 1. The summed E-state index contributed by atoms with van der Waals surface area (Å²) in [6.07, 6.45) is -0.550. The molecule has 3 unspecified atom stereocenters. The van der Waals surface area contributed by atoms with Gasteiger partial charge >= 0.3 is 0 Å². The number of hydrogen-bond acceptors (Lipinski definition) is 13. The second-order valence-corrected chi connectivity index (χ2v) is 18.8. The summed E-state index contributed by atoms with van der Waals surface area (Å²) in [6.45, 7) is 14.2. The maximum Gasteiger partial charge on any atom is 0.252 e. The number of aromatic hydroxyl groups is 1. The lowest BCUT2D eigenvalue weighted by Gasteiger charge is -2.48. The molecule has 4 amide bonds. The molecule has 2 aliphatic rings. The highest BCUT2D eigenvalue weighted by molar-refractivity contribution is 6.05. The van der Waals surface area contributed by atoms with Crippen LogP contribution in [0.1, 0.15) is 115 Å². The third kappa shape index (κ3) is 13.5. The second-order valence-electron chi connectivity index (χ2n) is 18.8. The van der Waals surface area contributed by atoms with E-state index in [9.17, 15) is 39.6 Å². The molecule has 2 aromatic rings. The number of rotatable bonds is 23. The van der Waals surface area contributed by atoms with Crippen LogP contribution in [0.4, 0.5) is 0 Å². The van der Waals surface area contributed by atoms with Crippen LogP contribution in [0, 0.1) is 31.6 Å². The number of nitrogens with one attached hydrogen (secondary N) is 1. The Morgan fingerprint density at radius 1 is 0.938 bits per heavy atom. The van der Waals surface area contributed by atoms with Crippen molar-refractivity contribution in [2.75, 3.05) is 13.1 Å². The van der Waals surface area contributed by atoms with Crippen molar-refractivity contribution in [1.82, 2.24) is 15.3 Å². The molecular weight excluding hydrogens is 821 g/mol. The molecule has 0 radical (unpaired) electrons. The second kappa shape index (κ2) is 24.0. The van der Waals surface area contributed by atoms with Gasteiger partial charge in [-0.2, -0.15) is 5.48 Å². The molecule has 0 aliphatic carbocycles. The van der Waals surface area contributed by atoms with Crippen LogP contribution in [-0.2, 0) is 41.6 Å². The fourth-order valence-electron chi connectivity index (χ4n) is 9.60. The summed E-state index contributed by atoms with van der Waals surface area (Å²) in [6, 6.07) is 7.48. The number of unbranched alkanes of at least 4 members (excludes halogenated alkanes) is 1. The lowest BCUT2D eigenvalue weighted by molar-refractivity contribution is -0.379. The third-order valence-corrected chi connectivity index (χ3v) is 13.2. The predicted octanol–water partition coefficient (Wildman–Crippen LogP) is 3.03. The van der Waals surface area contributed by atoms with Gasteiger partial charge in [-0.25, -0.2) is 0 Å². The van der Waals surface area contributed by atoms with Gasteiger partial charge in [-0.1, -0.05) is 64.4 Å². The zero-order chi connectivity index (χ0) is 47.5. The Bertz CT molecular complexity index is 1830. The third-order valence-electron chi connectivity index (χ3n) is 13.2. The number of nitrogens with zero attached hydrogens (tertiary/aromatic N) is 2. The minimum Gasteiger partial charge on any atom is -0.508 e. The maximum absolute atomic E-state index is 14.7. The Kier molecular flexibility index (Phi) is 19.7. The van der Waals surface area contributed by atoms with E-state index in [0.717, 1.165) is 46.4 Å². The molecule has 0 aromatic heterocycles. The first-order valence-electron chi connectivity index (χ1n) is 23.1. The number of carbonyl (C=O) groups is 4. The highest BCUT2D eigenvalue weighted by Gasteiger charge is 2.54. The van der Waals surface area contributed by atoms with E-state index >= 15 is 0 Å². The van der Waals surface area contributed by atoms with Gasteiger partial charge in [0, 0.05) is 19.5 Å². The van der Waals surface area contributed by atoms with E-state index in [-0.39, 0.29) is 63.3 Å². The van der Waals surface area contributed by atoms with E-state index in [1.807, 2.05) is 26.8 Å². The van der Waals surface area contributed by atoms with Crippen molar-refractivity contribution >= 4 is 23.6 Å². The van der Waals surface area contributed by atoms with Gasteiger partial charge in [-0.3, -0.25) is 28.9 Å². The molecule has 11 N–H and O–H groups in total. The van der Waals surface area contributed by atoms with Crippen LogP contribution >= 0.6 is 0 Å². The first-order valence-corrected chi connectivity index (χ1v) is 23.1. The van der Waals surface area contributed by atoms with Crippen LogP contribution in [0.5, 0.6) is 5.75 Å². The zero-order valence-electron chi connectivity index (χ0n) is 38.9. The molecule has 12 atom stereocenters. The molecular formula is C48H76N6O10. The standard InChI is InChI=1S/C48H76N6O10/c1-8-28(2)21-29(3)22-30(4)27-48(43(58)42(57)41(56)33(7)63-48)64-52-19-13-12-17-39(44(51)59)54(46(61)37(49)25-34-15-10-9-11-16-34)47(62)40-18-14-20-53(40)45(60)38(50)26-36-31(5)23-35(55)24-32(36)6/h9-11,15-16,23-24,28-30,33,37-43,52,55-58H,8,12-14,17-22,25-27,49-50H2,1-7H3,(H2,51,59)/t28?,29?,30?,33-,37+,38+,39+,40+,41-,42+,43-,48+/m1/s1. The van der Waals surface area contributed by atoms with E-state index < -0.39 is 78.0 Å². The highest BCUT2D eigenvalue weighted by atomic mass is 16.8. The quantitative estimate of drug-likeness (QED) is 0.0590. The lowest BCUT2D eigenvalue weighted by atomic mass is 9.82. The average Bonchev–Trinajstić information content (AvgIpc) is 3.74. The Morgan fingerprint density at radius 3 is 2.20 bits per heavy atom. The Balaban J connectivity index is 1.50. The van der Waals surface area contributed by atoms with Crippen LogP contribution in [0.2, 0.25) is 0 Å². The first-order chi connectivity index (χ1) is 30.2. The lowest BCUT2D eigenvalue weighted by Crippen LogP contribution is -2.66. The molecule has 2 aliphatic heterocycles. The Labute approximate surface area is 379 Å². The normalized spacial score (nSPS) is 25.2. The van der Waals surface area contributed by atoms with E-state index in [1.54, 1.807) is 43.3 Å². The van der Waals surface area contributed by atoms with Gasteiger partial charge in [-0.05, 0) is 131 Å². The molecule has 2 fully saturated rings. The number of ether oxygens (including phenoxy) is 1. The fraction of sp³-hybridized carbons (Fsp3) is 0.667. The molecule has 64 heavy (non-hydrogen) atoms. The number of phenolic OH excluding ortho intramolecular Hbond substituents is 1. The molecule has 16 heteroatoms. The largest absolute Gasteiger partial charge is 0.508 e. The number of primary amides is 1. The molecule has 2 saturated heterocycles. The molecule has 2 aromatic carbocycles. The molecule has 4 rings (SSSR count). The Hall–Kier alpha value is -4.00. The minimum absolute atomic E-state index is 0.0188. The summed E-state index contributed by atoms with van der Waals surface area (Å²) in [7, 11) is 0. The van der Waals surface area contributed by atoms with Gasteiger partial charge in [0.25, 0.3) is 5.91 Å². The first kappa shape index (κ1) is 52.6. The van der Waals surface area contributed by atoms with Gasteiger partial charge in [0.05, 0.1) is 18.2 Å². The summed E-state index contributed by atoms with van der Waals surface area (Å²) < 4.78 is 6.14. The Morgan fingerprint density at radius 2 is 1.58 bits per heavy atom. The molecule has 0 spiro atoms. The summed E-state index contributed by atoms with van der Waals surface area (Å²) in [5.74, 6) is -3.56. The molecule has 16 nitrogen and oxygen atoms in total. The summed E-state index contributed by atoms with van der Waals surface area (Å²) in [5, 5.41) is 42.6. The van der Waals surface area contributed by atoms with Crippen molar-refractivity contribution in [2.45, 2.75) is 173 Å². The van der Waals surface area contributed by atoms with E-state index in [2.05, 4.69) is 26.3 Å². The van der Waals surface area contributed by atoms with Gasteiger partial charge < -0.3 is 47.3 Å². The van der Waals surface area contributed by atoms with Gasteiger partial charge in [0.15, 0.2) is 0 Å². The number of aliphatic hydroxyl groups is 3. The summed E-state index contributed by atoms with van der Waals surface area (Å²) in [4.78, 5) is 64.6. The number of nitrogens with two attached hydrogens (primary N) is 3. The van der Waals surface area contributed by atoms with Crippen LogP contribution in [0.15, 0.2) is 42.5 Å². The van der Waals surface area contributed by atoms with Crippen molar-refractivity contribution in [1.29, 1.82) is 0 Å². The zero-order valence-corrected chi connectivity index (χ0v) is 38.9. The number of benzene rings is 2. The van der Waals surface area contributed by atoms with Crippen molar-refractivity contribution in [3.05, 3.63) is 64.7 Å². The number of carbonyl (C=O) groups excluding carboxylic acids is 4. The SMILES string of the molecule is CCC(C)CC(C)CC(C)C[C@@]1(ONCCCC[C@@H](C(N)=O)N(C(=O)[C@@H](N)Cc2ccccc2)C(=O)[C@@H]2CCCN2C(=O)[C@@H](N)Cc2c(C)cc(O)cc2C)O[C@H](C)[C@@H](O)[C@H](O)[C@H]1O. The van der Waals surface area contributed by atoms with Gasteiger partial charge in [-0.15, -0.1) is 0 Å². The van der Waals surface area contributed by atoms with Crippen molar-refractivity contribution < 1.29 is 49.2 Å². The van der Waals surface area contributed by atoms with Gasteiger partial charge in [0.2, 0.25) is 23.5 Å². The number of aliphatic hydroxyl groups excluding tert-OH is 3. The number of amides is 4. The van der Waals surface area contributed by atoms with Crippen LogP contribution in [0.3, 0.4) is 0 Å². The molecule has 0 bridgehead atoms. The van der Waals surface area contributed by atoms with E-state index in [4.69, 9.17) is 26.8 Å². The van der Waals surface area contributed by atoms with E-state index in [0.29, 0.717) is 24.7 Å². The molecule has 0 saturated carbocycles. The van der Waals surface area contributed by atoms with Crippen molar-refractivity contribution in [2.24, 2.45) is 35.0 Å². The number of phenols is 1. The number of hydrogen-bond donors (Lipinski definition) is 8. The topological polar surface area (TPSA) is 264 Å².